The fraction of sp³-hybridized carbons (Fsp3) is 0.393. The third kappa shape index (κ3) is 8.28. The van der Waals surface area contributed by atoms with Gasteiger partial charge in [0.25, 0.3) is 0 Å². The zero-order chi connectivity index (χ0) is 29.3. The Morgan fingerprint density at radius 2 is 1.82 bits per heavy atom. The van der Waals surface area contributed by atoms with Crippen LogP contribution in [-0.2, 0) is 9.59 Å². The summed E-state index contributed by atoms with van der Waals surface area (Å²) in [7, 11) is 1.78. The van der Waals surface area contributed by atoms with E-state index in [0.29, 0.717) is 48.3 Å². The predicted molar refractivity (Wildman–Crippen MR) is 147 cm³/mol. The van der Waals surface area contributed by atoms with Crippen LogP contribution in [0.4, 0.5) is 28.9 Å². The number of hydrogen-bond donors (Lipinski definition) is 3. The second-order valence-corrected chi connectivity index (χ2v) is 9.19. The van der Waals surface area contributed by atoms with Crippen LogP contribution in [-0.4, -0.2) is 61.9 Å². The van der Waals surface area contributed by atoms with Crippen LogP contribution in [0.2, 0.25) is 0 Å². The Kier molecular flexibility index (Phi) is 10.7. The molecule has 2 aromatic carbocycles. The maximum atomic E-state index is 15.0. The molecular weight excluding hydrogens is 530 g/mol. The Bertz CT molecular complexity index is 1330. The molecule has 12 heteroatoms. The predicted octanol–water partition coefficient (Wildman–Crippen LogP) is 3.37. The van der Waals surface area contributed by atoms with Gasteiger partial charge in [-0.05, 0) is 68.8 Å². The van der Waals surface area contributed by atoms with Gasteiger partial charge in [0.2, 0.25) is 11.8 Å². The third-order valence-electron chi connectivity index (χ3n) is 6.21. The Morgan fingerprint density at radius 1 is 1.15 bits per heavy atom. The summed E-state index contributed by atoms with van der Waals surface area (Å²) in [5.41, 5.74) is 0.853. The van der Waals surface area contributed by atoms with Crippen LogP contribution in [0.5, 0.6) is 5.75 Å². The number of nitrogens with one attached hydrogen (secondary N) is 3. The first kappa shape index (κ1) is 30.6. The lowest BCUT2D eigenvalue weighted by atomic mass is 10.0. The summed E-state index contributed by atoms with van der Waals surface area (Å²) in [5, 5.41) is 9.02. The van der Waals surface area contributed by atoms with Crippen molar-refractivity contribution in [2.24, 2.45) is 4.99 Å². The van der Waals surface area contributed by atoms with E-state index in [0.717, 1.165) is 4.90 Å². The van der Waals surface area contributed by atoms with Gasteiger partial charge in [-0.15, -0.1) is 0 Å². The van der Waals surface area contributed by atoms with Crippen LogP contribution >= 0.6 is 0 Å². The van der Waals surface area contributed by atoms with Gasteiger partial charge >= 0.3 is 6.18 Å². The molecule has 1 aliphatic rings. The lowest BCUT2D eigenvalue weighted by Crippen LogP contribution is -2.51. The summed E-state index contributed by atoms with van der Waals surface area (Å²) in [6.07, 6.45) is -3.06. The Labute approximate surface area is 229 Å². The van der Waals surface area contributed by atoms with Gasteiger partial charge in [-0.2, -0.15) is 13.2 Å². The molecule has 0 aromatic heterocycles. The van der Waals surface area contributed by atoms with Crippen molar-refractivity contribution in [3.05, 3.63) is 52.7 Å². The van der Waals surface area contributed by atoms with Crippen molar-refractivity contribution in [1.82, 2.24) is 10.2 Å². The van der Waals surface area contributed by atoms with Crippen molar-refractivity contribution in [1.29, 1.82) is 0 Å². The molecule has 1 atom stereocenters. The van der Waals surface area contributed by atoms with E-state index in [1.807, 2.05) is 0 Å². The lowest BCUT2D eigenvalue weighted by Gasteiger charge is -2.36. The zero-order valence-electron chi connectivity index (χ0n) is 22.4. The fourth-order valence-electron chi connectivity index (χ4n) is 4.33. The van der Waals surface area contributed by atoms with Gasteiger partial charge in [0.15, 0.2) is 0 Å². The highest BCUT2D eigenvalue weighted by atomic mass is 19.4. The number of likely N-dealkylation sites (N-methyl/N-ethyl adjacent to an activating group) is 1. The molecule has 0 saturated carbocycles. The number of carbonyl (C=O) groups excluding carboxylic acids is 2. The van der Waals surface area contributed by atoms with E-state index in [9.17, 15) is 22.8 Å². The maximum absolute atomic E-state index is 15.0. The van der Waals surface area contributed by atoms with Gasteiger partial charge in [-0.25, -0.2) is 9.38 Å². The molecule has 1 fully saturated rings. The Hall–Kier alpha value is -3.93. The van der Waals surface area contributed by atoms with Gasteiger partial charge in [-0.1, -0.05) is 6.58 Å². The molecule has 8 nitrogen and oxygen atoms in total. The number of alkyl halides is 3. The van der Waals surface area contributed by atoms with Crippen LogP contribution < -0.4 is 31.1 Å². The second-order valence-electron chi connectivity index (χ2n) is 9.19. The quantitative estimate of drug-likeness (QED) is 0.178. The molecule has 3 N–H and O–H groups in total. The number of amides is 2. The number of halogens is 4. The molecule has 0 aliphatic carbocycles. The molecule has 0 bridgehead atoms. The number of hydrogen-bond acceptors (Lipinski definition) is 6. The van der Waals surface area contributed by atoms with E-state index < -0.39 is 36.3 Å². The normalized spacial score (nSPS) is 16.6. The molecule has 1 saturated heterocycles. The number of carbonyl (C=O) groups is 2. The summed E-state index contributed by atoms with van der Waals surface area (Å²) in [5.74, 6) is -1.61. The number of rotatable bonds is 10. The second kappa shape index (κ2) is 13.9. The van der Waals surface area contributed by atoms with E-state index in [4.69, 9.17) is 4.74 Å². The average molecular weight is 564 g/mol. The highest BCUT2D eigenvalue weighted by Gasteiger charge is 2.46. The number of benzene rings is 2. The monoisotopic (exact) mass is 563 g/mol. The third-order valence-corrected chi connectivity index (χ3v) is 6.21. The molecule has 2 aromatic rings. The maximum Gasteiger partial charge on any atom is 0.408 e. The van der Waals surface area contributed by atoms with Gasteiger partial charge in [0.05, 0.1) is 5.22 Å². The SMILES string of the molecule is C=c1cc(OCCNC)cc(F)/c1=C(/N=C\C)Nc1ccc(NC(=O)CC(=O)N2CCCCC2C(F)(F)F)cc1. The van der Waals surface area contributed by atoms with Gasteiger partial charge in [-0.3, -0.25) is 9.59 Å². The summed E-state index contributed by atoms with van der Waals surface area (Å²) in [6.45, 7) is 6.53. The number of aliphatic imine (C=N–C) groups is 1. The molecule has 1 unspecified atom stereocenters. The van der Waals surface area contributed by atoms with E-state index >= 15 is 4.39 Å². The number of nitrogens with zero attached hydrogens (tertiary/aromatic N) is 2. The minimum atomic E-state index is -4.53. The van der Waals surface area contributed by atoms with Crippen LogP contribution in [0.15, 0.2) is 41.4 Å². The number of piperidine rings is 1. The summed E-state index contributed by atoms with van der Waals surface area (Å²) in [6, 6.07) is 7.28. The number of anilines is 2. The zero-order valence-corrected chi connectivity index (χ0v) is 22.4. The fourth-order valence-corrected chi connectivity index (χ4v) is 4.33. The van der Waals surface area contributed by atoms with Crippen molar-refractivity contribution >= 4 is 41.8 Å². The minimum Gasteiger partial charge on any atom is -0.492 e. The highest BCUT2D eigenvalue weighted by molar-refractivity contribution is 6.03. The molecule has 40 heavy (non-hydrogen) atoms. The smallest absolute Gasteiger partial charge is 0.408 e. The molecule has 2 amide bonds. The number of ether oxygens (including phenoxy) is 1. The van der Waals surface area contributed by atoms with Crippen molar-refractivity contribution < 1.29 is 31.9 Å². The number of likely N-dealkylation sites (tertiary alicyclic amines) is 1. The molecule has 0 radical (unpaired) electrons. The van der Waals surface area contributed by atoms with Crippen LogP contribution in [0, 0.1) is 5.82 Å². The van der Waals surface area contributed by atoms with Gasteiger partial charge < -0.3 is 25.6 Å². The topological polar surface area (TPSA) is 95.1 Å². The van der Waals surface area contributed by atoms with Crippen LogP contribution in [0.25, 0.3) is 12.4 Å². The molecule has 0 spiro atoms. The van der Waals surface area contributed by atoms with Crippen LogP contribution in [0.3, 0.4) is 0 Å². The van der Waals surface area contributed by atoms with E-state index in [1.165, 1.54) is 24.4 Å². The Morgan fingerprint density at radius 3 is 2.42 bits per heavy atom. The first-order valence-corrected chi connectivity index (χ1v) is 12.9. The highest BCUT2D eigenvalue weighted by Crippen LogP contribution is 2.32. The standard InChI is InChI=1S/C28H33F4N5O3/c1-4-34-27(26-18(2)15-21(16-22(26)29)40-14-12-33-3)36-20-10-8-19(9-11-20)35-24(38)17-25(39)37-13-6-5-7-23(37)28(30,31)32/h4,8-11,15-16,23,33,36H,2,5-7,12-14,17H2,1,3H3,(H,35,38)/b27-26-,34-4-. The minimum absolute atomic E-state index is 0.0303. The molecule has 216 valence electrons. The van der Waals surface area contributed by atoms with E-state index in [1.54, 1.807) is 32.2 Å². The van der Waals surface area contributed by atoms with Crippen LogP contribution in [0.1, 0.15) is 32.6 Å². The van der Waals surface area contributed by atoms with Crippen molar-refractivity contribution in [2.45, 2.75) is 44.8 Å². The molecule has 1 heterocycles. The summed E-state index contributed by atoms with van der Waals surface area (Å²) < 4.78 is 60.4. The summed E-state index contributed by atoms with van der Waals surface area (Å²) in [4.78, 5) is 29.9. The van der Waals surface area contributed by atoms with Gasteiger partial charge in [0, 0.05) is 36.7 Å². The molecule has 3 rings (SSSR count). The Balaban J connectivity index is 1.69. The molecule has 1 aliphatic heterocycles. The van der Waals surface area contributed by atoms with Crippen molar-refractivity contribution in [3.63, 3.8) is 0 Å². The van der Waals surface area contributed by atoms with Crippen molar-refractivity contribution in [3.8, 4) is 5.75 Å². The first-order chi connectivity index (χ1) is 19.0. The average Bonchev–Trinajstić information content (AvgIpc) is 2.89. The first-order valence-electron chi connectivity index (χ1n) is 12.9. The molecular formula is C28H33F4N5O3. The van der Waals surface area contributed by atoms with E-state index in [-0.39, 0.29) is 24.0 Å². The van der Waals surface area contributed by atoms with Crippen molar-refractivity contribution in [2.75, 3.05) is 37.4 Å². The largest absolute Gasteiger partial charge is 0.492 e. The van der Waals surface area contributed by atoms with E-state index in [2.05, 4.69) is 27.5 Å². The van der Waals surface area contributed by atoms with Gasteiger partial charge in [0.1, 0.15) is 36.5 Å². The lowest BCUT2D eigenvalue weighted by molar-refractivity contribution is -0.196. The summed E-state index contributed by atoms with van der Waals surface area (Å²) >= 11 is 0.